The van der Waals surface area contributed by atoms with Crippen LogP contribution in [0, 0.1) is 0 Å². The van der Waals surface area contributed by atoms with Gasteiger partial charge in [-0.05, 0) is 23.8 Å². The first-order valence-electron chi connectivity index (χ1n) is 7.29. The molecule has 1 aliphatic heterocycles. The molecule has 0 radical (unpaired) electrons. The third-order valence-electron chi connectivity index (χ3n) is 3.50. The fraction of sp³-hybridized carbons (Fsp3) is 0.357. The van der Waals surface area contributed by atoms with E-state index in [0.29, 0.717) is 17.9 Å². The van der Waals surface area contributed by atoms with Gasteiger partial charge in [-0.15, -0.1) is 5.10 Å². The molecule has 2 heterocycles. The number of rotatable bonds is 5. The second-order valence-electron chi connectivity index (χ2n) is 5.01. The van der Waals surface area contributed by atoms with Crippen LogP contribution in [0.25, 0.3) is 0 Å². The Bertz CT molecular complexity index is 702. The molecule has 3 rings (SSSR count). The summed E-state index contributed by atoms with van der Waals surface area (Å²) in [6.07, 6.45) is 0.161. The number of aromatic nitrogens is 4. The predicted octanol–water partition coefficient (Wildman–Crippen LogP) is 0.732. The van der Waals surface area contributed by atoms with Crippen LogP contribution in [0.1, 0.15) is 19.8 Å². The average Bonchev–Trinajstić information content (AvgIpc) is 3.06. The van der Waals surface area contributed by atoms with Gasteiger partial charge in [0.05, 0.1) is 5.69 Å². The van der Waals surface area contributed by atoms with Crippen molar-refractivity contribution in [2.75, 3.05) is 16.8 Å². The van der Waals surface area contributed by atoms with Crippen molar-refractivity contribution in [2.45, 2.75) is 25.9 Å². The Morgan fingerprint density at radius 2 is 2.26 bits per heavy atom. The van der Waals surface area contributed by atoms with E-state index >= 15 is 0 Å². The van der Waals surface area contributed by atoms with Gasteiger partial charge in [0.15, 0.2) is 6.10 Å². The molecule has 1 unspecified atom stereocenters. The number of nitrogens with one attached hydrogen (secondary N) is 2. The molecule has 9 heteroatoms. The van der Waals surface area contributed by atoms with Crippen LogP contribution < -0.4 is 15.0 Å². The lowest BCUT2D eigenvalue weighted by Crippen LogP contribution is -2.46. The van der Waals surface area contributed by atoms with E-state index in [0.717, 1.165) is 0 Å². The van der Waals surface area contributed by atoms with E-state index in [2.05, 4.69) is 25.9 Å². The van der Waals surface area contributed by atoms with Crippen LogP contribution in [-0.4, -0.2) is 45.1 Å². The molecule has 0 bridgehead atoms. The zero-order valence-corrected chi connectivity index (χ0v) is 12.5. The highest BCUT2D eigenvalue weighted by Gasteiger charge is 2.33. The third kappa shape index (κ3) is 3.12. The van der Waals surface area contributed by atoms with Crippen molar-refractivity contribution >= 4 is 23.5 Å². The number of hydrogen-bond acceptors (Lipinski definition) is 6. The summed E-state index contributed by atoms with van der Waals surface area (Å²) in [5, 5.41) is 15.4. The van der Waals surface area contributed by atoms with Gasteiger partial charge in [-0.3, -0.25) is 14.9 Å². The Hall–Kier alpha value is -2.97. The molecular weight excluding hydrogens is 300 g/mol. The summed E-state index contributed by atoms with van der Waals surface area (Å²) in [5.41, 5.74) is 0.676. The Balaban J connectivity index is 1.70. The summed E-state index contributed by atoms with van der Waals surface area (Å²) in [4.78, 5) is 26.0. The van der Waals surface area contributed by atoms with E-state index in [1.165, 1.54) is 0 Å². The van der Waals surface area contributed by atoms with Crippen LogP contribution in [0.3, 0.4) is 0 Å². The number of benzene rings is 1. The molecule has 2 N–H and O–H groups in total. The van der Waals surface area contributed by atoms with Gasteiger partial charge in [-0.1, -0.05) is 24.2 Å². The number of para-hydroxylation sites is 2. The molecule has 23 heavy (non-hydrogen) atoms. The van der Waals surface area contributed by atoms with Crippen molar-refractivity contribution in [3.8, 4) is 5.75 Å². The Kier molecular flexibility index (Phi) is 4.18. The highest BCUT2D eigenvalue weighted by atomic mass is 16.5. The van der Waals surface area contributed by atoms with Crippen molar-refractivity contribution in [1.82, 2.24) is 20.6 Å². The van der Waals surface area contributed by atoms with E-state index in [4.69, 9.17) is 4.74 Å². The van der Waals surface area contributed by atoms with Crippen molar-refractivity contribution in [2.24, 2.45) is 0 Å². The minimum Gasteiger partial charge on any atom is -0.478 e. The van der Waals surface area contributed by atoms with E-state index in [-0.39, 0.29) is 30.7 Å². The molecule has 1 aliphatic rings. The quantitative estimate of drug-likeness (QED) is 0.841. The summed E-state index contributed by atoms with van der Waals surface area (Å²) in [5.74, 6) is 0.322. The van der Waals surface area contributed by atoms with Crippen molar-refractivity contribution in [3.05, 3.63) is 24.3 Å². The standard InChI is InChI=1S/C14H16N6O3/c1-2-10-13(22)20(9-5-3-4-6-11(9)23-10)8-7-12(21)15-14-16-18-19-17-14/h3-6,10H,2,7-8H2,1H3,(H2,15,16,17,18,19,21). The van der Waals surface area contributed by atoms with Gasteiger partial charge in [0.25, 0.3) is 11.9 Å². The predicted molar refractivity (Wildman–Crippen MR) is 80.9 cm³/mol. The van der Waals surface area contributed by atoms with E-state index in [1.54, 1.807) is 11.0 Å². The number of hydrogen-bond donors (Lipinski definition) is 2. The van der Waals surface area contributed by atoms with E-state index in [1.807, 2.05) is 25.1 Å². The molecule has 0 saturated heterocycles. The molecule has 120 valence electrons. The Labute approximate surface area is 132 Å². The van der Waals surface area contributed by atoms with Gasteiger partial charge < -0.3 is 9.64 Å². The summed E-state index contributed by atoms with van der Waals surface area (Å²) in [6.45, 7) is 2.14. The first kappa shape index (κ1) is 14.9. The molecular formula is C14H16N6O3. The van der Waals surface area contributed by atoms with E-state index in [9.17, 15) is 9.59 Å². The maximum atomic E-state index is 12.5. The molecule has 9 nitrogen and oxygen atoms in total. The second kappa shape index (κ2) is 6.42. The third-order valence-corrected chi connectivity index (χ3v) is 3.50. The van der Waals surface area contributed by atoms with Gasteiger partial charge in [-0.2, -0.15) is 5.21 Å². The maximum absolute atomic E-state index is 12.5. The largest absolute Gasteiger partial charge is 0.478 e. The number of carbonyl (C=O) groups is 2. The molecule has 1 atom stereocenters. The molecule has 1 aromatic carbocycles. The molecule has 0 aliphatic carbocycles. The fourth-order valence-electron chi connectivity index (χ4n) is 2.38. The highest BCUT2D eigenvalue weighted by molar-refractivity contribution is 6.00. The minimum absolute atomic E-state index is 0.107. The topological polar surface area (TPSA) is 113 Å². The summed E-state index contributed by atoms with van der Waals surface area (Å²) in [6, 6.07) is 7.30. The minimum atomic E-state index is -0.523. The molecule has 2 amide bonds. The van der Waals surface area contributed by atoms with Gasteiger partial charge in [0, 0.05) is 13.0 Å². The van der Waals surface area contributed by atoms with Gasteiger partial charge in [0.2, 0.25) is 5.91 Å². The van der Waals surface area contributed by atoms with Crippen molar-refractivity contribution in [1.29, 1.82) is 0 Å². The van der Waals surface area contributed by atoms with Gasteiger partial charge in [0.1, 0.15) is 5.75 Å². The van der Waals surface area contributed by atoms with Crippen LogP contribution in [-0.2, 0) is 9.59 Å². The van der Waals surface area contributed by atoms with Crippen LogP contribution >= 0.6 is 0 Å². The van der Waals surface area contributed by atoms with Crippen LogP contribution in [0.5, 0.6) is 5.75 Å². The first-order valence-corrected chi connectivity index (χ1v) is 7.29. The normalized spacial score (nSPS) is 16.7. The summed E-state index contributed by atoms with van der Waals surface area (Å²) < 4.78 is 5.69. The Morgan fingerprint density at radius 1 is 1.43 bits per heavy atom. The van der Waals surface area contributed by atoms with Crippen LogP contribution in [0.2, 0.25) is 0 Å². The zero-order valence-electron chi connectivity index (χ0n) is 12.5. The Morgan fingerprint density at radius 3 is 3.00 bits per heavy atom. The maximum Gasteiger partial charge on any atom is 0.269 e. The number of H-pyrrole nitrogens is 1. The first-order chi connectivity index (χ1) is 11.2. The molecule has 1 aromatic heterocycles. The molecule has 0 fully saturated rings. The fourth-order valence-corrected chi connectivity index (χ4v) is 2.38. The number of fused-ring (bicyclic) bond motifs is 1. The number of nitrogens with zero attached hydrogens (tertiary/aromatic N) is 4. The number of aromatic amines is 1. The monoisotopic (exact) mass is 316 g/mol. The number of amides is 2. The number of anilines is 2. The second-order valence-corrected chi connectivity index (χ2v) is 5.01. The zero-order chi connectivity index (χ0) is 16.2. The van der Waals surface area contributed by atoms with Gasteiger partial charge >= 0.3 is 0 Å². The van der Waals surface area contributed by atoms with Gasteiger partial charge in [-0.25, -0.2) is 0 Å². The van der Waals surface area contributed by atoms with Crippen LogP contribution in [0.15, 0.2) is 24.3 Å². The molecule has 2 aromatic rings. The van der Waals surface area contributed by atoms with Crippen molar-refractivity contribution in [3.63, 3.8) is 0 Å². The average molecular weight is 316 g/mol. The molecule has 0 spiro atoms. The van der Waals surface area contributed by atoms with Crippen LogP contribution in [0.4, 0.5) is 11.6 Å². The SMILES string of the molecule is CCC1Oc2ccccc2N(CCC(=O)Nc2nn[nH]n2)C1=O. The molecule has 0 saturated carbocycles. The smallest absolute Gasteiger partial charge is 0.269 e. The lowest BCUT2D eigenvalue weighted by Gasteiger charge is -2.33. The number of tetrazole rings is 1. The highest BCUT2D eigenvalue weighted by Crippen LogP contribution is 2.34. The lowest BCUT2D eigenvalue weighted by molar-refractivity contribution is -0.126. The van der Waals surface area contributed by atoms with E-state index < -0.39 is 6.10 Å². The number of ether oxygens (including phenoxy) is 1. The summed E-state index contributed by atoms with van der Waals surface area (Å²) >= 11 is 0. The van der Waals surface area contributed by atoms with Crippen molar-refractivity contribution < 1.29 is 14.3 Å². The summed E-state index contributed by atoms with van der Waals surface area (Å²) in [7, 11) is 0. The number of carbonyl (C=O) groups excluding carboxylic acids is 2. The lowest BCUT2D eigenvalue weighted by atomic mass is 10.1.